The van der Waals surface area contributed by atoms with Gasteiger partial charge in [-0.05, 0) is 44.5 Å². The fraction of sp³-hybridized carbons (Fsp3) is 0.417. The van der Waals surface area contributed by atoms with Gasteiger partial charge in [-0.25, -0.2) is 8.42 Å². The molecule has 0 spiro atoms. The number of nitrogens with one attached hydrogen (secondary N) is 1. The number of ether oxygens (including phenoxy) is 2. The van der Waals surface area contributed by atoms with Gasteiger partial charge in [0.25, 0.3) is 0 Å². The summed E-state index contributed by atoms with van der Waals surface area (Å²) in [5, 5.41) is 3.43. The van der Waals surface area contributed by atoms with Gasteiger partial charge in [0, 0.05) is 34.8 Å². The Kier molecular flexibility index (Phi) is 9.32. The second kappa shape index (κ2) is 12.0. The first-order valence-corrected chi connectivity index (χ1v) is 13.9. The molecule has 12 heteroatoms. The van der Waals surface area contributed by atoms with Crippen molar-refractivity contribution >= 4 is 50.7 Å². The van der Waals surface area contributed by atoms with E-state index < -0.39 is 28.5 Å². The third-order valence-electron chi connectivity index (χ3n) is 5.73. The summed E-state index contributed by atoms with van der Waals surface area (Å²) in [4.78, 5) is 27.8. The minimum Gasteiger partial charge on any atom is -0.454 e. The molecule has 0 radical (unpaired) electrons. The monoisotopic (exact) mass is 557 g/mol. The zero-order chi connectivity index (χ0) is 26.5. The van der Waals surface area contributed by atoms with Crippen molar-refractivity contribution in [3.63, 3.8) is 0 Å². The summed E-state index contributed by atoms with van der Waals surface area (Å²) in [6.07, 6.45) is 0.718. The number of hydrogen-bond donors (Lipinski definition) is 1. The molecule has 0 saturated carbocycles. The van der Waals surface area contributed by atoms with Crippen molar-refractivity contribution in [3.05, 3.63) is 52.0 Å². The predicted octanol–water partition coefficient (Wildman–Crippen LogP) is 3.82. The Bertz CT molecular complexity index is 1200. The lowest BCUT2D eigenvalue weighted by atomic mass is 10.1. The summed E-state index contributed by atoms with van der Waals surface area (Å²) in [6.45, 7) is 4.81. The summed E-state index contributed by atoms with van der Waals surface area (Å²) < 4.78 is 37.8. The van der Waals surface area contributed by atoms with Crippen molar-refractivity contribution in [1.82, 2.24) is 10.2 Å². The van der Waals surface area contributed by atoms with Crippen LogP contribution in [0.4, 0.5) is 5.69 Å². The van der Waals surface area contributed by atoms with Crippen LogP contribution in [0.15, 0.2) is 36.4 Å². The molecule has 2 amide bonds. The fourth-order valence-corrected chi connectivity index (χ4v) is 5.16. The molecule has 0 fully saturated rings. The van der Waals surface area contributed by atoms with E-state index in [1.54, 1.807) is 37.3 Å². The van der Waals surface area contributed by atoms with Crippen LogP contribution in [0.25, 0.3) is 0 Å². The van der Waals surface area contributed by atoms with Gasteiger partial charge in [0.05, 0.1) is 11.4 Å². The number of nitrogens with zero attached hydrogens (tertiary/aromatic N) is 2. The Morgan fingerprint density at radius 1 is 1.08 bits per heavy atom. The molecule has 0 aromatic heterocycles. The molecule has 2 aromatic rings. The van der Waals surface area contributed by atoms with E-state index in [0.29, 0.717) is 33.7 Å². The van der Waals surface area contributed by atoms with Gasteiger partial charge in [-0.2, -0.15) is 0 Å². The van der Waals surface area contributed by atoms with Crippen LogP contribution in [-0.4, -0.2) is 56.8 Å². The second-order valence-corrected chi connectivity index (χ2v) is 11.1. The first kappa shape index (κ1) is 27.9. The maximum Gasteiger partial charge on any atom is 0.244 e. The Balaban J connectivity index is 1.97. The number of halogens is 2. The highest BCUT2D eigenvalue weighted by atomic mass is 35.5. The van der Waals surface area contributed by atoms with Gasteiger partial charge in [-0.1, -0.05) is 36.2 Å². The van der Waals surface area contributed by atoms with Crippen LogP contribution in [0.3, 0.4) is 0 Å². The second-order valence-electron chi connectivity index (χ2n) is 8.13. The number of carbonyl (C=O) groups is 2. The van der Waals surface area contributed by atoms with E-state index in [0.717, 1.165) is 10.7 Å². The highest BCUT2D eigenvalue weighted by Crippen LogP contribution is 2.36. The Labute approximate surface area is 221 Å². The molecule has 0 unspecified atom stereocenters. The van der Waals surface area contributed by atoms with E-state index in [2.05, 4.69) is 5.32 Å². The zero-order valence-corrected chi connectivity index (χ0v) is 22.6. The van der Waals surface area contributed by atoms with E-state index in [9.17, 15) is 18.0 Å². The summed E-state index contributed by atoms with van der Waals surface area (Å²) in [7, 11) is -3.87. The van der Waals surface area contributed by atoms with Crippen molar-refractivity contribution in [3.8, 4) is 11.5 Å². The molecule has 1 atom stereocenters. The Hall–Kier alpha value is -2.69. The minimum absolute atomic E-state index is 0.0228. The van der Waals surface area contributed by atoms with Gasteiger partial charge >= 0.3 is 0 Å². The first-order chi connectivity index (χ1) is 17.1. The third-order valence-corrected chi connectivity index (χ3v) is 8.18. The molecule has 0 aliphatic carbocycles. The van der Waals surface area contributed by atoms with Crippen molar-refractivity contribution in [1.29, 1.82) is 0 Å². The summed E-state index contributed by atoms with van der Waals surface area (Å²) in [5.74, 6) is -0.350. The van der Waals surface area contributed by atoms with Gasteiger partial charge < -0.3 is 19.7 Å². The standard InChI is InChI=1S/C24H29Cl2N3O6S/c1-4-11-27-24(31)16(3)28(13-18-19(25)7-6-8-20(18)26)23(30)14-29(36(32,33)5-2)17-9-10-21-22(12-17)35-15-34-21/h6-10,12,16H,4-5,11,13-15H2,1-3H3,(H,27,31)/t16-/m0/s1. The van der Waals surface area contributed by atoms with Crippen LogP contribution < -0.4 is 19.1 Å². The largest absolute Gasteiger partial charge is 0.454 e. The number of anilines is 1. The number of carbonyl (C=O) groups excluding carboxylic acids is 2. The molecule has 1 aliphatic rings. The van der Waals surface area contributed by atoms with Gasteiger partial charge in [-0.15, -0.1) is 0 Å². The van der Waals surface area contributed by atoms with Crippen LogP contribution in [-0.2, 0) is 26.2 Å². The Morgan fingerprint density at radius 3 is 2.39 bits per heavy atom. The third kappa shape index (κ3) is 6.35. The quantitative estimate of drug-likeness (QED) is 0.450. The van der Waals surface area contributed by atoms with E-state index in [1.807, 2.05) is 6.92 Å². The van der Waals surface area contributed by atoms with Gasteiger partial charge in [-0.3, -0.25) is 13.9 Å². The van der Waals surface area contributed by atoms with Crippen LogP contribution in [0.1, 0.15) is 32.8 Å². The Morgan fingerprint density at radius 2 is 1.75 bits per heavy atom. The highest BCUT2D eigenvalue weighted by Gasteiger charge is 2.32. The predicted molar refractivity (Wildman–Crippen MR) is 139 cm³/mol. The lowest BCUT2D eigenvalue weighted by Crippen LogP contribution is -2.51. The molecule has 0 saturated heterocycles. The fourth-order valence-electron chi connectivity index (χ4n) is 3.59. The van der Waals surface area contributed by atoms with E-state index in [1.165, 1.54) is 17.9 Å². The number of amides is 2. The number of fused-ring (bicyclic) bond motifs is 1. The lowest BCUT2D eigenvalue weighted by Gasteiger charge is -2.32. The first-order valence-electron chi connectivity index (χ1n) is 11.5. The number of rotatable bonds is 11. The molecule has 196 valence electrons. The molecule has 1 aliphatic heterocycles. The van der Waals surface area contributed by atoms with E-state index in [-0.39, 0.29) is 30.7 Å². The van der Waals surface area contributed by atoms with E-state index >= 15 is 0 Å². The molecule has 0 bridgehead atoms. The maximum atomic E-state index is 13.7. The molecule has 1 heterocycles. The minimum atomic E-state index is -3.87. The SMILES string of the molecule is CCCNC(=O)[C@H](C)N(Cc1c(Cl)cccc1Cl)C(=O)CN(c1ccc2c(c1)OCO2)S(=O)(=O)CC. The van der Waals surface area contributed by atoms with Crippen LogP contribution >= 0.6 is 23.2 Å². The van der Waals surface area contributed by atoms with Crippen molar-refractivity contribution in [2.24, 2.45) is 0 Å². The molecule has 1 N–H and O–H groups in total. The van der Waals surface area contributed by atoms with Crippen molar-refractivity contribution in [2.75, 3.05) is 29.9 Å². The van der Waals surface area contributed by atoms with Gasteiger partial charge in [0.1, 0.15) is 12.6 Å². The highest BCUT2D eigenvalue weighted by molar-refractivity contribution is 7.92. The summed E-state index contributed by atoms with van der Waals surface area (Å²) in [5.41, 5.74) is 0.700. The molecule has 3 rings (SSSR count). The van der Waals surface area contributed by atoms with Gasteiger partial charge in [0.2, 0.25) is 28.6 Å². The van der Waals surface area contributed by atoms with Crippen LogP contribution in [0, 0.1) is 0 Å². The summed E-state index contributed by atoms with van der Waals surface area (Å²) >= 11 is 12.7. The molecule has 36 heavy (non-hydrogen) atoms. The molecular weight excluding hydrogens is 529 g/mol. The number of benzene rings is 2. The average molecular weight is 558 g/mol. The molecule has 9 nitrogen and oxygen atoms in total. The molecule has 2 aromatic carbocycles. The number of hydrogen-bond acceptors (Lipinski definition) is 6. The van der Waals surface area contributed by atoms with Gasteiger partial charge in [0.15, 0.2) is 11.5 Å². The molecular formula is C24H29Cl2N3O6S. The van der Waals surface area contributed by atoms with Crippen molar-refractivity contribution < 1.29 is 27.5 Å². The topological polar surface area (TPSA) is 105 Å². The van der Waals surface area contributed by atoms with E-state index in [4.69, 9.17) is 32.7 Å². The normalized spacial score (nSPS) is 13.2. The van der Waals surface area contributed by atoms with Crippen LogP contribution in [0.5, 0.6) is 11.5 Å². The summed E-state index contributed by atoms with van der Waals surface area (Å²) in [6, 6.07) is 8.66. The van der Waals surface area contributed by atoms with Crippen LogP contribution in [0.2, 0.25) is 10.0 Å². The lowest BCUT2D eigenvalue weighted by molar-refractivity contribution is -0.139. The maximum absolute atomic E-state index is 13.7. The smallest absolute Gasteiger partial charge is 0.244 e. The zero-order valence-electron chi connectivity index (χ0n) is 20.3. The number of sulfonamides is 1. The average Bonchev–Trinajstić information content (AvgIpc) is 3.33. The van der Waals surface area contributed by atoms with Crippen molar-refractivity contribution in [2.45, 2.75) is 39.8 Å².